The highest BCUT2D eigenvalue weighted by Crippen LogP contribution is 2.31. The number of para-hydroxylation sites is 1. The Morgan fingerprint density at radius 1 is 1.11 bits per heavy atom. The van der Waals surface area contributed by atoms with Crippen molar-refractivity contribution in [1.29, 1.82) is 0 Å². The molecule has 3 rings (SSSR count). The van der Waals surface area contributed by atoms with E-state index in [0.29, 0.717) is 11.5 Å². The summed E-state index contributed by atoms with van der Waals surface area (Å²) in [4.78, 5) is 15.5. The summed E-state index contributed by atoms with van der Waals surface area (Å²) in [6, 6.07) is 11.5. The molecule has 0 fully saturated rings. The lowest BCUT2D eigenvalue weighted by atomic mass is 9.92. The SMILES string of the molecule is Cc1cccc(C)c1-n1nc(C(C)(C)C)cc1Nc1cccnc1C(=O)O. The molecule has 140 valence electrons. The molecular formula is C21H24N4O2. The minimum absolute atomic E-state index is 0.0240. The van der Waals surface area contributed by atoms with Crippen LogP contribution in [-0.4, -0.2) is 25.8 Å². The Morgan fingerprint density at radius 2 is 1.78 bits per heavy atom. The molecule has 6 nitrogen and oxygen atoms in total. The predicted molar refractivity (Wildman–Crippen MR) is 106 cm³/mol. The fourth-order valence-electron chi connectivity index (χ4n) is 2.96. The van der Waals surface area contributed by atoms with Crippen molar-refractivity contribution in [3.05, 3.63) is 65.1 Å². The first-order chi connectivity index (χ1) is 12.7. The van der Waals surface area contributed by atoms with Gasteiger partial charge >= 0.3 is 5.97 Å². The van der Waals surface area contributed by atoms with Crippen LogP contribution in [0.1, 0.15) is 48.1 Å². The summed E-state index contributed by atoms with van der Waals surface area (Å²) in [6.45, 7) is 10.4. The molecule has 0 amide bonds. The number of aromatic carboxylic acids is 1. The number of hydrogen-bond donors (Lipinski definition) is 2. The number of carboxylic acids is 1. The fourth-order valence-corrected chi connectivity index (χ4v) is 2.96. The van der Waals surface area contributed by atoms with E-state index in [0.717, 1.165) is 22.5 Å². The molecule has 0 aliphatic heterocycles. The molecule has 0 radical (unpaired) electrons. The summed E-state index contributed by atoms with van der Waals surface area (Å²) in [7, 11) is 0. The van der Waals surface area contributed by atoms with Gasteiger partial charge in [0.1, 0.15) is 5.82 Å². The van der Waals surface area contributed by atoms with Crippen LogP contribution in [0.2, 0.25) is 0 Å². The molecular weight excluding hydrogens is 340 g/mol. The Kier molecular flexibility index (Phi) is 4.74. The Balaban J connectivity index is 2.18. The minimum atomic E-state index is -1.08. The maximum Gasteiger partial charge on any atom is 0.356 e. The highest BCUT2D eigenvalue weighted by atomic mass is 16.4. The van der Waals surface area contributed by atoms with Crippen LogP contribution in [0, 0.1) is 13.8 Å². The van der Waals surface area contributed by atoms with E-state index in [1.165, 1.54) is 6.20 Å². The van der Waals surface area contributed by atoms with Gasteiger partial charge in [-0.1, -0.05) is 39.0 Å². The second-order valence-electron chi connectivity index (χ2n) is 7.65. The third-order valence-electron chi connectivity index (χ3n) is 4.40. The summed E-state index contributed by atoms with van der Waals surface area (Å²) in [5, 5.41) is 17.5. The van der Waals surface area contributed by atoms with E-state index in [-0.39, 0.29) is 11.1 Å². The van der Waals surface area contributed by atoms with Crippen LogP contribution in [0.3, 0.4) is 0 Å². The van der Waals surface area contributed by atoms with Gasteiger partial charge in [0.05, 0.1) is 17.1 Å². The van der Waals surface area contributed by atoms with Crippen molar-refractivity contribution in [1.82, 2.24) is 14.8 Å². The van der Waals surface area contributed by atoms with Crippen LogP contribution < -0.4 is 5.32 Å². The second kappa shape index (κ2) is 6.87. The largest absolute Gasteiger partial charge is 0.476 e. The zero-order chi connectivity index (χ0) is 19.8. The summed E-state index contributed by atoms with van der Waals surface area (Å²) >= 11 is 0. The molecule has 0 saturated carbocycles. The average Bonchev–Trinajstić information content (AvgIpc) is 2.99. The van der Waals surface area contributed by atoms with E-state index in [2.05, 4.69) is 31.1 Å². The first kappa shape index (κ1) is 18.6. The second-order valence-corrected chi connectivity index (χ2v) is 7.65. The van der Waals surface area contributed by atoms with Gasteiger partial charge in [-0.2, -0.15) is 5.10 Å². The molecule has 2 N–H and O–H groups in total. The van der Waals surface area contributed by atoms with Crippen LogP contribution in [0.25, 0.3) is 5.69 Å². The van der Waals surface area contributed by atoms with Gasteiger partial charge in [0, 0.05) is 17.7 Å². The molecule has 6 heteroatoms. The summed E-state index contributed by atoms with van der Waals surface area (Å²) < 4.78 is 1.85. The number of rotatable bonds is 4. The highest BCUT2D eigenvalue weighted by molar-refractivity contribution is 5.92. The van der Waals surface area contributed by atoms with Gasteiger partial charge in [-0.25, -0.2) is 14.5 Å². The Bertz CT molecular complexity index is 979. The lowest BCUT2D eigenvalue weighted by Crippen LogP contribution is -2.13. The molecule has 2 heterocycles. The quantitative estimate of drug-likeness (QED) is 0.706. The Labute approximate surface area is 158 Å². The monoisotopic (exact) mass is 364 g/mol. The topological polar surface area (TPSA) is 80.0 Å². The lowest BCUT2D eigenvalue weighted by Gasteiger charge is -2.16. The van der Waals surface area contributed by atoms with E-state index in [4.69, 9.17) is 5.10 Å². The molecule has 0 aliphatic carbocycles. The van der Waals surface area contributed by atoms with E-state index in [1.807, 2.05) is 42.8 Å². The zero-order valence-electron chi connectivity index (χ0n) is 16.2. The average molecular weight is 364 g/mol. The minimum Gasteiger partial charge on any atom is -0.476 e. The third-order valence-corrected chi connectivity index (χ3v) is 4.40. The number of aryl methyl sites for hydroxylation is 2. The number of carboxylic acid groups (broad SMARTS) is 1. The van der Waals surface area contributed by atoms with E-state index in [9.17, 15) is 9.90 Å². The molecule has 2 aromatic heterocycles. The number of aromatic nitrogens is 3. The Morgan fingerprint density at radius 3 is 2.37 bits per heavy atom. The molecule has 0 bridgehead atoms. The molecule has 3 aromatic rings. The van der Waals surface area contributed by atoms with Gasteiger partial charge in [-0.3, -0.25) is 0 Å². The van der Waals surface area contributed by atoms with Gasteiger partial charge in [0.25, 0.3) is 0 Å². The van der Waals surface area contributed by atoms with Gasteiger partial charge in [-0.05, 0) is 37.1 Å². The van der Waals surface area contributed by atoms with Gasteiger partial charge in [0.15, 0.2) is 5.69 Å². The number of benzene rings is 1. The summed E-state index contributed by atoms with van der Waals surface area (Å²) in [6.07, 6.45) is 1.47. The first-order valence-corrected chi connectivity index (χ1v) is 8.81. The normalized spacial score (nSPS) is 11.4. The highest BCUT2D eigenvalue weighted by Gasteiger charge is 2.23. The van der Waals surface area contributed by atoms with Gasteiger partial charge in [-0.15, -0.1) is 0 Å². The smallest absolute Gasteiger partial charge is 0.356 e. The maximum absolute atomic E-state index is 11.5. The van der Waals surface area contributed by atoms with Crippen LogP contribution in [0.15, 0.2) is 42.6 Å². The molecule has 27 heavy (non-hydrogen) atoms. The van der Waals surface area contributed by atoms with Crippen molar-refractivity contribution in [2.45, 2.75) is 40.0 Å². The fraction of sp³-hybridized carbons (Fsp3) is 0.286. The molecule has 0 unspecified atom stereocenters. The number of carbonyl (C=O) groups is 1. The van der Waals surface area contributed by atoms with Crippen molar-refractivity contribution in [3.8, 4) is 5.69 Å². The molecule has 0 atom stereocenters. The van der Waals surface area contributed by atoms with Crippen LogP contribution in [-0.2, 0) is 5.41 Å². The van der Waals surface area contributed by atoms with Crippen LogP contribution in [0.4, 0.5) is 11.5 Å². The Hall–Kier alpha value is -3.15. The van der Waals surface area contributed by atoms with E-state index < -0.39 is 5.97 Å². The number of hydrogen-bond acceptors (Lipinski definition) is 4. The molecule has 1 aromatic carbocycles. The number of pyridine rings is 1. The van der Waals surface area contributed by atoms with Crippen molar-refractivity contribution in [3.63, 3.8) is 0 Å². The third kappa shape index (κ3) is 3.69. The van der Waals surface area contributed by atoms with Crippen molar-refractivity contribution >= 4 is 17.5 Å². The number of anilines is 2. The molecule has 0 saturated heterocycles. The lowest BCUT2D eigenvalue weighted by molar-refractivity contribution is 0.0691. The standard InChI is InChI=1S/C21H24N4O2/c1-13-8-6-9-14(2)19(13)25-17(12-16(24-25)21(3,4)5)23-15-10-7-11-22-18(15)20(26)27/h6-12,23H,1-5H3,(H,26,27). The van der Waals surface area contributed by atoms with E-state index in [1.54, 1.807) is 12.1 Å². The molecule has 0 aliphatic rings. The summed E-state index contributed by atoms with van der Waals surface area (Å²) in [5.41, 5.74) is 4.33. The van der Waals surface area contributed by atoms with Crippen LogP contribution >= 0.6 is 0 Å². The zero-order valence-corrected chi connectivity index (χ0v) is 16.2. The van der Waals surface area contributed by atoms with Crippen LogP contribution in [0.5, 0.6) is 0 Å². The first-order valence-electron chi connectivity index (χ1n) is 8.81. The van der Waals surface area contributed by atoms with Crippen molar-refractivity contribution in [2.75, 3.05) is 5.32 Å². The predicted octanol–water partition coefficient (Wildman–Crippen LogP) is 4.62. The maximum atomic E-state index is 11.5. The summed E-state index contributed by atoms with van der Waals surface area (Å²) in [5.74, 6) is -0.375. The molecule has 0 spiro atoms. The van der Waals surface area contributed by atoms with Crippen molar-refractivity contribution < 1.29 is 9.90 Å². The van der Waals surface area contributed by atoms with Crippen molar-refractivity contribution in [2.24, 2.45) is 0 Å². The van der Waals surface area contributed by atoms with Gasteiger partial charge in [0.2, 0.25) is 0 Å². The van der Waals surface area contributed by atoms with E-state index >= 15 is 0 Å². The van der Waals surface area contributed by atoms with Gasteiger partial charge < -0.3 is 10.4 Å². The number of nitrogens with one attached hydrogen (secondary N) is 1. The number of nitrogens with zero attached hydrogens (tertiary/aromatic N) is 3.